The highest BCUT2D eigenvalue weighted by Crippen LogP contribution is 2.30. The Hall–Kier alpha value is -1.38. The Balaban J connectivity index is 2.81. The van der Waals surface area contributed by atoms with E-state index in [1.807, 2.05) is 18.6 Å². The van der Waals surface area contributed by atoms with Gasteiger partial charge in [-0.05, 0) is 0 Å². The highest BCUT2D eigenvalue weighted by atomic mass is 15.1. The summed E-state index contributed by atoms with van der Waals surface area (Å²) in [5, 5.41) is 0. The summed E-state index contributed by atoms with van der Waals surface area (Å²) >= 11 is 0. The Kier molecular flexibility index (Phi) is 2.53. The number of rotatable bonds is 0. The lowest BCUT2D eigenvalue weighted by Crippen LogP contribution is -2.17. The molecule has 2 heterocycles. The molecule has 0 bridgehead atoms. The monoisotopic (exact) mass is 231 g/mol. The minimum absolute atomic E-state index is 0.0355. The second-order valence-corrected chi connectivity index (χ2v) is 6.62. The highest BCUT2D eigenvalue weighted by molar-refractivity contribution is 5.54. The van der Waals surface area contributed by atoms with Crippen LogP contribution >= 0.6 is 0 Å². The molecule has 0 fully saturated rings. The van der Waals surface area contributed by atoms with Crippen molar-refractivity contribution in [3.05, 3.63) is 30.1 Å². The Morgan fingerprint density at radius 3 is 2.18 bits per heavy atom. The normalized spacial score (nSPS) is 13.3. The average molecular weight is 231 g/mol. The molecule has 0 atom stereocenters. The number of hydrogen-bond acceptors (Lipinski definition) is 2. The van der Waals surface area contributed by atoms with Gasteiger partial charge in [0.05, 0.1) is 17.4 Å². The fraction of sp³-hybridized carbons (Fsp3) is 0.571. The van der Waals surface area contributed by atoms with Gasteiger partial charge in [0, 0.05) is 23.2 Å². The first-order valence-corrected chi connectivity index (χ1v) is 6.04. The molecule has 0 saturated carbocycles. The summed E-state index contributed by atoms with van der Waals surface area (Å²) in [6.45, 7) is 13.1. The Bertz CT molecular complexity index is 491. The molecule has 0 spiro atoms. The fourth-order valence-corrected chi connectivity index (χ4v) is 2.02. The Morgan fingerprint density at radius 1 is 1.00 bits per heavy atom. The van der Waals surface area contributed by atoms with Crippen molar-refractivity contribution in [3.63, 3.8) is 0 Å². The lowest BCUT2D eigenvalue weighted by molar-refractivity contribution is 0.529. The average Bonchev–Trinajstić information content (AvgIpc) is 2.55. The molecule has 17 heavy (non-hydrogen) atoms. The zero-order valence-electron chi connectivity index (χ0n) is 11.6. The first-order chi connectivity index (χ1) is 7.71. The van der Waals surface area contributed by atoms with Crippen LogP contribution in [0.25, 0.3) is 5.52 Å². The molecule has 92 valence electrons. The van der Waals surface area contributed by atoms with Crippen LogP contribution in [0.5, 0.6) is 0 Å². The number of aromatic nitrogens is 3. The van der Waals surface area contributed by atoms with Crippen molar-refractivity contribution in [2.24, 2.45) is 0 Å². The van der Waals surface area contributed by atoms with E-state index in [2.05, 4.69) is 50.9 Å². The Labute approximate surface area is 103 Å². The van der Waals surface area contributed by atoms with Crippen LogP contribution in [0, 0.1) is 0 Å². The third-order valence-corrected chi connectivity index (χ3v) is 2.83. The maximum Gasteiger partial charge on any atom is 0.119 e. The molecule has 0 unspecified atom stereocenters. The van der Waals surface area contributed by atoms with Crippen LogP contribution in [0.2, 0.25) is 0 Å². The molecular weight excluding hydrogens is 210 g/mol. The molecular formula is C14H21N3. The van der Waals surface area contributed by atoms with Crippen LogP contribution in [-0.2, 0) is 10.8 Å². The van der Waals surface area contributed by atoms with Gasteiger partial charge in [0.25, 0.3) is 0 Å². The molecule has 0 aliphatic rings. The standard InChI is InChI=1S/C14H21N3/c1-13(2,3)11-10-9-15-7-8-17(10)12(16-11)14(4,5)6/h7-9H,1-6H3. The third kappa shape index (κ3) is 2.06. The minimum atomic E-state index is 0.0355. The largest absolute Gasteiger partial charge is 0.300 e. The van der Waals surface area contributed by atoms with Gasteiger partial charge in [-0.25, -0.2) is 4.98 Å². The van der Waals surface area contributed by atoms with Gasteiger partial charge in [-0.3, -0.25) is 9.38 Å². The predicted molar refractivity (Wildman–Crippen MR) is 70.4 cm³/mol. The number of fused-ring (bicyclic) bond motifs is 1. The van der Waals surface area contributed by atoms with Crippen molar-refractivity contribution >= 4 is 5.52 Å². The molecule has 0 aliphatic carbocycles. The molecule has 0 aliphatic heterocycles. The van der Waals surface area contributed by atoms with Gasteiger partial charge in [-0.15, -0.1) is 0 Å². The maximum atomic E-state index is 4.85. The van der Waals surface area contributed by atoms with E-state index >= 15 is 0 Å². The van der Waals surface area contributed by atoms with Gasteiger partial charge >= 0.3 is 0 Å². The quantitative estimate of drug-likeness (QED) is 0.696. The van der Waals surface area contributed by atoms with E-state index in [1.54, 1.807) is 0 Å². The van der Waals surface area contributed by atoms with E-state index in [0.29, 0.717) is 0 Å². The topological polar surface area (TPSA) is 30.2 Å². The summed E-state index contributed by atoms with van der Waals surface area (Å²) in [7, 11) is 0. The smallest absolute Gasteiger partial charge is 0.119 e. The van der Waals surface area contributed by atoms with E-state index in [4.69, 9.17) is 4.98 Å². The number of imidazole rings is 1. The molecule has 0 saturated heterocycles. The van der Waals surface area contributed by atoms with Crippen LogP contribution in [0.4, 0.5) is 0 Å². The predicted octanol–water partition coefficient (Wildman–Crippen LogP) is 3.32. The number of hydrogen-bond donors (Lipinski definition) is 0. The summed E-state index contributed by atoms with van der Waals surface area (Å²) in [5.41, 5.74) is 2.31. The zero-order chi connectivity index (χ0) is 12.8. The van der Waals surface area contributed by atoms with Crippen LogP contribution in [0.1, 0.15) is 53.1 Å². The van der Waals surface area contributed by atoms with Gasteiger partial charge in [-0.2, -0.15) is 0 Å². The van der Waals surface area contributed by atoms with Gasteiger partial charge in [0.2, 0.25) is 0 Å². The van der Waals surface area contributed by atoms with E-state index in [9.17, 15) is 0 Å². The van der Waals surface area contributed by atoms with E-state index in [0.717, 1.165) is 17.0 Å². The van der Waals surface area contributed by atoms with Crippen molar-refractivity contribution in [3.8, 4) is 0 Å². The van der Waals surface area contributed by atoms with Crippen LogP contribution in [0.3, 0.4) is 0 Å². The highest BCUT2D eigenvalue weighted by Gasteiger charge is 2.27. The first kappa shape index (κ1) is 12.1. The van der Waals surface area contributed by atoms with E-state index in [-0.39, 0.29) is 10.8 Å². The van der Waals surface area contributed by atoms with Gasteiger partial charge in [0.15, 0.2) is 0 Å². The van der Waals surface area contributed by atoms with E-state index in [1.165, 1.54) is 0 Å². The lowest BCUT2D eigenvalue weighted by Gasteiger charge is -2.17. The van der Waals surface area contributed by atoms with Gasteiger partial charge in [0.1, 0.15) is 5.82 Å². The minimum Gasteiger partial charge on any atom is -0.300 e. The van der Waals surface area contributed by atoms with Crippen molar-refractivity contribution in [1.29, 1.82) is 0 Å². The van der Waals surface area contributed by atoms with Crippen LogP contribution in [-0.4, -0.2) is 14.4 Å². The summed E-state index contributed by atoms with van der Waals surface area (Å²) in [5.74, 6) is 1.10. The first-order valence-electron chi connectivity index (χ1n) is 6.04. The molecule has 0 N–H and O–H groups in total. The van der Waals surface area contributed by atoms with Gasteiger partial charge in [-0.1, -0.05) is 41.5 Å². The molecule has 3 nitrogen and oxygen atoms in total. The fourth-order valence-electron chi connectivity index (χ4n) is 2.02. The molecule has 0 aromatic carbocycles. The zero-order valence-corrected chi connectivity index (χ0v) is 11.6. The molecule has 0 radical (unpaired) electrons. The van der Waals surface area contributed by atoms with Crippen molar-refractivity contribution < 1.29 is 0 Å². The Morgan fingerprint density at radius 2 is 1.65 bits per heavy atom. The molecule has 0 amide bonds. The van der Waals surface area contributed by atoms with Crippen molar-refractivity contribution in [1.82, 2.24) is 14.4 Å². The van der Waals surface area contributed by atoms with Crippen LogP contribution in [0.15, 0.2) is 18.6 Å². The summed E-state index contributed by atoms with van der Waals surface area (Å²) in [6, 6.07) is 0. The van der Waals surface area contributed by atoms with Crippen molar-refractivity contribution in [2.45, 2.75) is 52.4 Å². The third-order valence-electron chi connectivity index (χ3n) is 2.83. The molecule has 2 aromatic heterocycles. The second-order valence-electron chi connectivity index (χ2n) is 6.62. The summed E-state index contributed by atoms with van der Waals surface area (Å²) < 4.78 is 2.16. The SMILES string of the molecule is CC(C)(C)c1nc(C(C)(C)C)n2ccncc12. The molecule has 2 aromatic rings. The summed E-state index contributed by atoms with van der Waals surface area (Å²) in [4.78, 5) is 9.08. The second kappa shape index (κ2) is 3.56. The van der Waals surface area contributed by atoms with Gasteiger partial charge < -0.3 is 0 Å². The maximum absolute atomic E-state index is 4.85. The number of nitrogens with zero attached hydrogens (tertiary/aromatic N) is 3. The summed E-state index contributed by atoms with van der Waals surface area (Å²) in [6.07, 6.45) is 5.72. The lowest BCUT2D eigenvalue weighted by atomic mass is 9.91. The van der Waals surface area contributed by atoms with E-state index < -0.39 is 0 Å². The molecule has 3 heteroatoms. The van der Waals surface area contributed by atoms with Crippen molar-refractivity contribution in [2.75, 3.05) is 0 Å². The molecule has 2 rings (SSSR count). The van der Waals surface area contributed by atoms with Crippen LogP contribution < -0.4 is 0 Å².